The third-order valence-electron chi connectivity index (χ3n) is 0.876. The molecule has 0 aliphatic rings. The second kappa shape index (κ2) is 4.81. The van der Waals surface area contributed by atoms with E-state index < -0.39 is 0 Å². The van der Waals surface area contributed by atoms with Gasteiger partial charge in [0.25, 0.3) is 0 Å². The van der Waals surface area contributed by atoms with E-state index in [1.165, 1.54) is 19.4 Å². The van der Waals surface area contributed by atoms with Crippen molar-refractivity contribution in [3.05, 3.63) is 12.3 Å². The average Bonchev–Trinajstić information content (AvgIpc) is 1.82. The fraction of sp³-hybridized carbons (Fsp3) is 0.429. The summed E-state index contributed by atoms with van der Waals surface area (Å²) in [5, 5.41) is 0. The van der Waals surface area contributed by atoms with E-state index in [1.54, 1.807) is 6.21 Å². The predicted octanol–water partition coefficient (Wildman–Crippen LogP) is 1.38. The van der Waals surface area contributed by atoms with Crippen molar-refractivity contribution < 1.29 is 19.4 Å². The number of hydrogen-bond acceptors (Lipinski definition) is 1. The topological polar surface area (TPSA) is 12.4 Å². The van der Waals surface area contributed by atoms with Crippen LogP contribution in [0.25, 0.3) is 0 Å². The average molecular weight is 292 g/mol. The van der Waals surface area contributed by atoms with Gasteiger partial charge >= 0.3 is 67.0 Å². The fourth-order valence-corrected chi connectivity index (χ4v) is 0.484. The van der Waals surface area contributed by atoms with Crippen LogP contribution in [0.1, 0.15) is 13.8 Å². The molecule has 0 fully saturated rings. The van der Waals surface area contributed by atoms with Gasteiger partial charge in [0.15, 0.2) is 0 Å². The van der Waals surface area contributed by atoms with Gasteiger partial charge in [-0.05, 0) is 0 Å². The normalized spacial score (nSPS) is 10.6. The Hall–Kier alpha value is -0.0317. The third-order valence-corrected chi connectivity index (χ3v) is 1.31. The van der Waals surface area contributed by atoms with Gasteiger partial charge in [0.2, 0.25) is 0 Å². The molecule has 0 aromatic heterocycles. The summed E-state index contributed by atoms with van der Waals surface area (Å²) < 4.78 is 1.94. The summed E-state index contributed by atoms with van der Waals surface area (Å²) in [4.78, 5) is 3.98. The van der Waals surface area contributed by atoms with Gasteiger partial charge in [0.05, 0.1) is 0 Å². The Labute approximate surface area is 67.3 Å². The zero-order valence-corrected chi connectivity index (χ0v) is 8.60. The Morgan fingerprint density at radius 3 is 2.56 bits per heavy atom. The quantitative estimate of drug-likeness (QED) is 0.550. The van der Waals surface area contributed by atoms with Gasteiger partial charge < -0.3 is 0 Å². The van der Waals surface area contributed by atoms with Crippen LogP contribution < -0.4 is 0 Å². The van der Waals surface area contributed by atoms with Gasteiger partial charge in [-0.3, -0.25) is 0 Å². The standard InChI is InChI=1S/C7H10N.W/c1-5-8-7(4)6(2)3;/h1,4-6H,2-3H3;/q-1;. The van der Waals surface area contributed by atoms with E-state index in [4.69, 9.17) is 6.58 Å². The number of rotatable bonds is 3. The Morgan fingerprint density at radius 2 is 2.22 bits per heavy atom. The number of nitrogens with zero attached hydrogens (tertiary/aromatic N) is 1. The van der Waals surface area contributed by atoms with E-state index in [1.807, 2.05) is 18.2 Å². The van der Waals surface area contributed by atoms with Gasteiger partial charge in [-0.15, -0.1) is 0 Å². The molecule has 0 aliphatic heterocycles. The van der Waals surface area contributed by atoms with Gasteiger partial charge in [-0.25, -0.2) is 0 Å². The summed E-state index contributed by atoms with van der Waals surface area (Å²) in [6.45, 7) is 9.56. The van der Waals surface area contributed by atoms with E-state index in [9.17, 15) is 0 Å². The molecule has 0 unspecified atom stereocenters. The van der Waals surface area contributed by atoms with Crippen LogP contribution in [0.5, 0.6) is 0 Å². The zero-order chi connectivity index (χ0) is 7.28. The van der Waals surface area contributed by atoms with Crippen molar-refractivity contribution in [3.63, 3.8) is 0 Å². The Kier molecular flexibility index (Phi) is 4.79. The molecule has 0 saturated heterocycles. The summed E-state index contributed by atoms with van der Waals surface area (Å²) in [6, 6.07) is 0. The van der Waals surface area contributed by atoms with Crippen molar-refractivity contribution in [3.8, 4) is 0 Å². The summed E-state index contributed by atoms with van der Waals surface area (Å²) >= 11 is 1.39. The Bertz CT molecular complexity index is 136. The molecule has 0 N–H and O–H groups in total. The molecule has 0 radical (unpaired) electrons. The van der Waals surface area contributed by atoms with Crippen LogP contribution in [0.4, 0.5) is 0 Å². The molecule has 0 spiro atoms. The molecule has 0 aliphatic carbocycles. The van der Waals surface area contributed by atoms with Crippen LogP contribution >= 0.6 is 0 Å². The van der Waals surface area contributed by atoms with Gasteiger partial charge in [0, 0.05) is 0 Å². The summed E-state index contributed by atoms with van der Waals surface area (Å²) in [5.74, 6) is 0.358. The van der Waals surface area contributed by atoms with Crippen molar-refractivity contribution in [2.45, 2.75) is 13.8 Å². The van der Waals surface area contributed by atoms with Gasteiger partial charge in [-0.2, -0.15) is 0 Å². The molecule has 1 nitrogen and oxygen atoms in total. The molecule has 2 heteroatoms. The van der Waals surface area contributed by atoms with Crippen molar-refractivity contribution in [1.29, 1.82) is 0 Å². The van der Waals surface area contributed by atoms with E-state index in [0.717, 1.165) is 0 Å². The van der Waals surface area contributed by atoms with Crippen LogP contribution in [0.3, 0.4) is 0 Å². The van der Waals surface area contributed by atoms with Crippen molar-refractivity contribution in [2.75, 3.05) is 0 Å². The van der Waals surface area contributed by atoms with Crippen LogP contribution in [0, 0.1) is 12.5 Å². The van der Waals surface area contributed by atoms with E-state index >= 15 is 0 Å². The zero-order valence-electron chi connectivity index (χ0n) is 5.66. The summed E-state index contributed by atoms with van der Waals surface area (Å²) in [6.07, 6.45) is 1.74. The molecule has 0 saturated carbocycles. The Balaban J connectivity index is 3.76. The maximum absolute atomic E-state index is 5.51. The minimum absolute atomic E-state index is 0.358. The summed E-state index contributed by atoms with van der Waals surface area (Å²) in [5.41, 5.74) is 0.701. The van der Waals surface area contributed by atoms with Crippen molar-refractivity contribution in [1.82, 2.24) is 0 Å². The second-order valence-corrected chi connectivity index (χ2v) is 2.97. The van der Waals surface area contributed by atoms with Gasteiger partial charge in [-0.1, -0.05) is 0 Å². The molecule has 9 heavy (non-hydrogen) atoms. The molecule has 0 atom stereocenters. The third kappa shape index (κ3) is 4.47. The van der Waals surface area contributed by atoms with Crippen molar-refractivity contribution >= 4 is 10.6 Å². The van der Waals surface area contributed by atoms with E-state index in [-0.39, 0.29) is 0 Å². The first-order valence-corrected chi connectivity index (χ1v) is 4.48. The predicted molar refractivity (Wildman–Crippen MR) is 37.2 cm³/mol. The van der Waals surface area contributed by atoms with E-state index in [0.29, 0.717) is 11.6 Å². The molecule has 0 bridgehead atoms. The molecule has 0 heterocycles. The van der Waals surface area contributed by atoms with Gasteiger partial charge in [0.1, 0.15) is 0 Å². The number of hydrogen-bond donors (Lipinski definition) is 0. The van der Waals surface area contributed by atoms with Crippen LogP contribution in [-0.2, 0) is 19.4 Å². The first-order valence-electron chi connectivity index (χ1n) is 2.78. The molecule has 0 rings (SSSR count). The van der Waals surface area contributed by atoms with Crippen molar-refractivity contribution in [2.24, 2.45) is 10.9 Å². The molecular weight excluding hydrogens is 282 g/mol. The molecule has 0 aromatic rings. The number of aliphatic imine (C=N–C) groups is 1. The first-order chi connectivity index (χ1) is 4.18. The maximum atomic E-state index is 5.51. The SMILES string of the molecule is [CH-]=C(N=C[CH]=[W])C(C)C. The molecule has 0 amide bonds. The van der Waals surface area contributed by atoms with Crippen LogP contribution in [0.15, 0.2) is 10.7 Å². The summed E-state index contributed by atoms with van der Waals surface area (Å²) in [7, 11) is 0. The second-order valence-electron chi connectivity index (χ2n) is 1.99. The molecule has 0 aromatic carbocycles. The number of allylic oxidation sites excluding steroid dienone is 1. The minimum atomic E-state index is 0.358. The monoisotopic (exact) mass is 292 g/mol. The Morgan fingerprint density at radius 1 is 1.67 bits per heavy atom. The molecule has 50 valence electrons. The van der Waals surface area contributed by atoms with Crippen LogP contribution in [0.2, 0.25) is 0 Å². The first kappa shape index (κ1) is 8.97. The molecular formula is C7H10NW-. The van der Waals surface area contributed by atoms with E-state index in [2.05, 4.69) is 4.99 Å². The van der Waals surface area contributed by atoms with Crippen LogP contribution in [-0.4, -0.2) is 10.6 Å². The fourth-order valence-electron chi connectivity index (χ4n) is 0.266.